The van der Waals surface area contributed by atoms with E-state index in [0.717, 1.165) is 24.3 Å². The van der Waals surface area contributed by atoms with Crippen LogP contribution < -0.4 is 9.47 Å². The molecule has 124 valence electrons. The zero-order valence-corrected chi connectivity index (χ0v) is 14.2. The molecular weight excluding hydrogens is 288 g/mol. The van der Waals surface area contributed by atoms with Crippen molar-refractivity contribution >= 4 is 0 Å². The van der Waals surface area contributed by atoms with E-state index < -0.39 is 0 Å². The fourth-order valence-corrected chi connectivity index (χ4v) is 2.22. The second-order valence-electron chi connectivity index (χ2n) is 5.40. The summed E-state index contributed by atoms with van der Waals surface area (Å²) in [7, 11) is 0. The van der Waals surface area contributed by atoms with Crippen LogP contribution in [0.4, 0.5) is 0 Å². The molecule has 0 amide bonds. The molecule has 0 spiro atoms. The molecule has 0 aliphatic carbocycles. The largest absolute Gasteiger partial charge is 0.491 e. The van der Waals surface area contributed by atoms with Crippen molar-refractivity contribution < 1.29 is 14.2 Å². The quantitative estimate of drug-likeness (QED) is 0.499. The average molecular weight is 314 g/mol. The monoisotopic (exact) mass is 314 g/mol. The highest BCUT2D eigenvalue weighted by molar-refractivity contribution is 5.27. The maximum Gasteiger partial charge on any atom is 0.197 e. The van der Waals surface area contributed by atoms with Crippen LogP contribution in [0.25, 0.3) is 0 Å². The molecule has 1 atom stereocenters. The van der Waals surface area contributed by atoms with Gasteiger partial charge in [-0.25, -0.2) is 0 Å². The van der Waals surface area contributed by atoms with Crippen molar-refractivity contribution in [3.8, 4) is 11.5 Å². The van der Waals surface area contributed by atoms with Crippen LogP contribution in [0.1, 0.15) is 31.9 Å². The van der Waals surface area contributed by atoms with Crippen molar-refractivity contribution in [1.82, 2.24) is 0 Å². The molecule has 2 aromatic rings. The van der Waals surface area contributed by atoms with Crippen LogP contribution >= 0.6 is 0 Å². The Hall–Kier alpha value is -2.00. The minimum Gasteiger partial charge on any atom is -0.491 e. The smallest absolute Gasteiger partial charge is 0.197 e. The van der Waals surface area contributed by atoms with Gasteiger partial charge < -0.3 is 14.2 Å². The van der Waals surface area contributed by atoms with E-state index in [0.29, 0.717) is 13.2 Å². The standard InChI is InChI=1S/C20H26O3/c1-4-17-6-10-19(11-7-17)22-15-14-21-16(3)23-20-12-8-18(5-2)9-13-20/h6-13,16H,4-5,14-15H2,1-3H3. The number of hydrogen-bond donors (Lipinski definition) is 0. The second kappa shape index (κ2) is 9.21. The van der Waals surface area contributed by atoms with E-state index in [1.165, 1.54) is 11.1 Å². The van der Waals surface area contributed by atoms with Gasteiger partial charge in [-0.2, -0.15) is 0 Å². The van der Waals surface area contributed by atoms with Gasteiger partial charge in [-0.05, 0) is 55.2 Å². The average Bonchev–Trinajstić information content (AvgIpc) is 2.60. The van der Waals surface area contributed by atoms with E-state index >= 15 is 0 Å². The summed E-state index contributed by atoms with van der Waals surface area (Å²) in [6.45, 7) is 7.17. The van der Waals surface area contributed by atoms with Crippen molar-refractivity contribution in [2.24, 2.45) is 0 Å². The third-order valence-electron chi connectivity index (χ3n) is 3.67. The third-order valence-corrected chi connectivity index (χ3v) is 3.67. The molecule has 1 unspecified atom stereocenters. The van der Waals surface area contributed by atoms with Gasteiger partial charge in [0.15, 0.2) is 6.29 Å². The molecule has 0 N–H and O–H groups in total. The number of benzene rings is 2. The number of hydrogen-bond acceptors (Lipinski definition) is 3. The molecular formula is C20H26O3. The number of ether oxygens (including phenoxy) is 3. The highest BCUT2D eigenvalue weighted by atomic mass is 16.7. The lowest BCUT2D eigenvalue weighted by atomic mass is 10.2. The van der Waals surface area contributed by atoms with Gasteiger partial charge in [-0.1, -0.05) is 38.1 Å². The second-order valence-corrected chi connectivity index (χ2v) is 5.40. The highest BCUT2D eigenvalue weighted by Gasteiger charge is 2.04. The molecule has 0 radical (unpaired) electrons. The Morgan fingerprint density at radius 1 is 0.739 bits per heavy atom. The van der Waals surface area contributed by atoms with Gasteiger partial charge in [0.05, 0.1) is 6.61 Å². The van der Waals surface area contributed by atoms with Gasteiger partial charge in [0.2, 0.25) is 0 Å². The van der Waals surface area contributed by atoms with Gasteiger partial charge in [0.1, 0.15) is 18.1 Å². The Morgan fingerprint density at radius 3 is 1.78 bits per heavy atom. The van der Waals surface area contributed by atoms with Crippen molar-refractivity contribution in [3.05, 3.63) is 59.7 Å². The summed E-state index contributed by atoms with van der Waals surface area (Å²) in [5, 5.41) is 0. The Balaban J connectivity index is 1.66. The fraction of sp³-hybridized carbons (Fsp3) is 0.400. The fourth-order valence-electron chi connectivity index (χ4n) is 2.22. The molecule has 3 nitrogen and oxygen atoms in total. The van der Waals surface area contributed by atoms with Crippen LogP contribution in [0.3, 0.4) is 0 Å². The van der Waals surface area contributed by atoms with Crippen LogP contribution in [-0.4, -0.2) is 19.5 Å². The first-order chi connectivity index (χ1) is 11.2. The summed E-state index contributed by atoms with van der Waals surface area (Å²) < 4.78 is 17.0. The minimum absolute atomic E-state index is 0.298. The van der Waals surface area contributed by atoms with Gasteiger partial charge in [0.25, 0.3) is 0 Å². The molecule has 0 bridgehead atoms. The van der Waals surface area contributed by atoms with E-state index in [-0.39, 0.29) is 6.29 Å². The molecule has 0 heterocycles. The summed E-state index contributed by atoms with van der Waals surface area (Å²) in [6, 6.07) is 16.3. The van der Waals surface area contributed by atoms with Crippen LogP contribution in [0.2, 0.25) is 0 Å². The zero-order valence-electron chi connectivity index (χ0n) is 14.2. The predicted molar refractivity (Wildman–Crippen MR) is 93.2 cm³/mol. The molecule has 0 aliphatic heterocycles. The topological polar surface area (TPSA) is 27.7 Å². The van der Waals surface area contributed by atoms with Crippen LogP contribution in [0, 0.1) is 0 Å². The summed E-state index contributed by atoms with van der Waals surface area (Å²) in [5.41, 5.74) is 2.61. The third kappa shape index (κ3) is 5.95. The molecule has 2 rings (SSSR count). The van der Waals surface area contributed by atoms with E-state index in [1.807, 2.05) is 31.2 Å². The van der Waals surface area contributed by atoms with E-state index in [9.17, 15) is 0 Å². The molecule has 0 fully saturated rings. The SMILES string of the molecule is CCc1ccc(OCCOC(C)Oc2ccc(CC)cc2)cc1. The Bertz CT molecular complexity index is 560. The van der Waals surface area contributed by atoms with Gasteiger partial charge in [0, 0.05) is 0 Å². The maximum atomic E-state index is 5.72. The minimum atomic E-state index is -0.298. The summed E-state index contributed by atoms with van der Waals surface area (Å²) >= 11 is 0. The lowest BCUT2D eigenvalue weighted by Gasteiger charge is -2.16. The first-order valence-corrected chi connectivity index (χ1v) is 8.30. The Morgan fingerprint density at radius 2 is 1.26 bits per heavy atom. The van der Waals surface area contributed by atoms with E-state index in [4.69, 9.17) is 14.2 Å². The maximum absolute atomic E-state index is 5.72. The molecule has 2 aromatic carbocycles. The van der Waals surface area contributed by atoms with E-state index in [1.54, 1.807) is 0 Å². The van der Waals surface area contributed by atoms with Crippen LogP contribution in [0.5, 0.6) is 11.5 Å². The Kier molecular flexibility index (Phi) is 6.95. The number of rotatable bonds is 9. The van der Waals surface area contributed by atoms with Crippen LogP contribution in [0.15, 0.2) is 48.5 Å². The van der Waals surface area contributed by atoms with Crippen molar-refractivity contribution in [1.29, 1.82) is 0 Å². The predicted octanol–water partition coefficient (Wildman–Crippen LogP) is 4.63. The molecule has 0 saturated carbocycles. The van der Waals surface area contributed by atoms with Crippen LogP contribution in [-0.2, 0) is 17.6 Å². The summed E-state index contributed by atoms with van der Waals surface area (Å²) in [6.07, 6.45) is 1.77. The lowest BCUT2D eigenvalue weighted by Crippen LogP contribution is -2.19. The highest BCUT2D eigenvalue weighted by Crippen LogP contribution is 2.15. The molecule has 23 heavy (non-hydrogen) atoms. The zero-order chi connectivity index (χ0) is 16.5. The molecule has 3 heteroatoms. The first kappa shape index (κ1) is 17.4. The summed E-state index contributed by atoms with van der Waals surface area (Å²) in [5.74, 6) is 1.69. The van der Waals surface area contributed by atoms with Crippen molar-refractivity contribution in [2.45, 2.75) is 39.9 Å². The number of aryl methyl sites for hydroxylation is 2. The molecule has 0 aromatic heterocycles. The Labute approximate surface area is 139 Å². The van der Waals surface area contributed by atoms with Crippen molar-refractivity contribution in [3.63, 3.8) is 0 Å². The summed E-state index contributed by atoms with van der Waals surface area (Å²) in [4.78, 5) is 0. The normalized spacial score (nSPS) is 12.0. The van der Waals surface area contributed by atoms with Gasteiger partial charge in [-0.15, -0.1) is 0 Å². The van der Waals surface area contributed by atoms with Crippen molar-refractivity contribution in [2.75, 3.05) is 13.2 Å². The van der Waals surface area contributed by atoms with E-state index in [2.05, 4.69) is 38.1 Å². The van der Waals surface area contributed by atoms with Gasteiger partial charge >= 0.3 is 0 Å². The van der Waals surface area contributed by atoms with Gasteiger partial charge in [-0.3, -0.25) is 0 Å². The molecule has 0 aliphatic rings. The first-order valence-electron chi connectivity index (χ1n) is 8.30. The lowest BCUT2D eigenvalue weighted by molar-refractivity contribution is -0.0739. The molecule has 0 saturated heterocycles.